The van der Waals surface area contributed by atoms with Crippen LogP contribution in [0.4, 0.5) is 4.79 Å². The molecule has 0 saturated heterocycles. The number of aromatic nitrogens is 2. The molecule has 0 aromatic carbocycles. The molecule has 1 aliphatic carbocycles. The first-order valence-corrected chi connectivity index (χ1v) is 5.23. The standard InChI is InChI=1S/C10H14N2O3/c13-10(15-9-6-7-11-12-9)14-8-4-2-1-3-5-8/h6-8H,1-5H2,(H,11,12). The van der Waals surface area contributed by atoms with Crippen LogP contribution in [0.25, 0.3) is 0 Å². The number of carbonyl (C=O) groups is 1. The highest BCUT2D eigenvalue weighted by atomic mass is 16.7. The third-order valence-corrected chi connectivity index (χ3v) is 2.48. The maximum absolute atomic E-state index is 11.3. The van der Waals surface area contributed by atoms with Crippen LogP contribution < -0.4 is 4.74 Å². The van der Waals surface area contributed by atoms with Crippen LogP contribution in [0.2, 0.25) is 0 Å². The zero-order valence-electron chi connectivity index (χ0n) is 8.44. The Balaban J connectivity index is 1.76. The van der Waals surface area contributed by atoms with Gasteiger partial charge in [0.05, 0.1) is 0 Å². The average Bonchev–Trinajstić information content (AvgIpc) is 2.71. The van der Waals surface area contributed by atoms with Gasteiger partial charge in [0.15, 0.2) is 0 Å². The van der Waals surface area contributed by atoms with E-state index in [0.29, 0.717) is 0 Å². The molecule has 1 saturated carbocycles. The summed E-state index contributed by atoms with van der Waals surface area (Å²) in [5.41, 5.74) is 0. The second kappa shape index (κ2) is 4.82. The normalized spacial score (nSPS) is 17.3. The Labute approximate surface area is 87.8 Å². The number of H-pyrrole nitrogens is 1. The molecule has 0 atom stereocenters. The number of aromatic amines is 1. The maximum Gasteiger partial charge on any atom is 0.515 e. The molecular formula is C10H14N2O3. The molecule has 1 aliphatic rings. The smallest absolute Gasteiger partial charge is 0.431 e. The minimum Gasteiger partial charge on any atom is -0.431 e. The van der Waals surface area contributed by atoms with E-state index in [1.807, 2.05) is 0 Å². The summed E-state index contributed by atoms with van der Waals surface area (Å²) in [6.07, 6.45) is 6.31. The fourth-order valence-electron chi connectivity index (χ4n) is 1.73. The summed E-state index contributed by atoms with van der Waals surface area (Å²) in [5, 5.41) is 6.26. The van der Waals surface area contributed by atoms with Crippen molar-refractivity contribution in [3.8, 4) is 5.88 Å². The van der Waals surface area contributed by atoms with Gasteiger partial charge in [0.25, 0.3) is 0 Å². The SMILES string of the molecule is O=C(Oc1cc[nH]n1)OC1CCCCC1. The lowest BCUT2D eigenvalue weighted by molar-refractivity contribution is 0.0407. The first-order chi connectivity index (χ1) is 7.34. The van der Waals surface area contributed by atoms with Crippen molar-refractivity contribution >= 4 is 6.16 Å². The summed E-state index contributed by atoms with van der Waals surface area (Å²) in [4.78, 5) is 11.3. The molecule has 1 N–H and O–H groups in total. The molecule has 0 unspecified atom stereocenters. The van der Waals surface area contributed by atoms with Gasteiger partial charge in [-0.2, -0.15) is 0 Å². The Morgan fingerprint density at radius 2 is 2.20 bits per heavy atom. The van der Waals surface area contributed by atoms with Gasteiger partial charge >= 0.3 is 6.16 Å². The molecule has 5 heteroatoms. The van der Waals surface area contributed by atoms with E-state index < -0.39 is 6.16 Å². The highest BCUT2D eigenvalue weighted by Gasteiger charge is 2.19. The van der Waals surface area contributed by atoms with Gasteiger partial charge in [-0.25, -0.2) is 4.79 Å². The predicted octanol–water partition coefficient (Wildman–Crippen LogP) is 2.26. The van der Waals surface area contributed by atoms with Crippen LogP contribution in [0.15, 0.2) is 12.3 Å². The molecular weight excluding hydrogens is 196 g/mol. The van der Waals surface area contributed by atoms with E-state index in [0.717, 1.165) is 25.7 Å². The Morgan fingerprint density at radius 1 is 1.40 bits per heavy atom. The number of rotatable bonds is 2. The molecule has 0 bridgehead atoms. The summed E-state index contributed by atoms with van der Waals surface area (Å²) in [7, 11) is 0. The first kappa shape index (κ1) is 10.0. The van der Waals surface area contributed by atoms with Gasteiger partial charge in [-0.1, -0.05) is 6.42 Å². The van der Waals surface area contributed by atoms with Crippen LogP contribution >= 0.6 is 0 Å². The minimum atomic E-state index is -0.658. The molecule has 0 spiro atoms. The minimum absolute atomic E-state index is 0.0187. The third kappa shape index (κ3) is 2.97. The van der Waals surface area contributed by atoms with Crippen molar-refractivity contribution in [2.75, 3.05) is 0 Å². The molecule has 15 heavy (non-hydrogen) atoms. The molecule has 1 fully saturated rings. The van der Waals surface area contributed by atoms with Crippen molar-refractivity contribution in [3.63, 3.8) is 0 Å². The second-order valence-corrected chi connectivity index (χ2v) is 3.64. The van der Waals surface area contributed by atoms with E-state index in [1.54, 1.807) is 12.3 Å². The first-order valence-electron chi connectivity index (χ1n) is 5.23. The monoisotopic (exact) mass is 210 g/mol. The van der Waals surface area contributed by atoms with Gasteiger partial charge in [-0.15, -0.1) is 5.10 Å². The molecule has 2 rings (SSSR count). The fourth-order valence-corrected chi connectivity index (χ4v) is 1.73. The predicted molar refractivity (Wildman–Crippen MR) is 52.6 cm³/mol. The Hall–Kier alpha value is -1.52. The van der Waals surface area contributed by atoms with Crippen LogP contribution in [0.3, 0.4) is 0 Å². The molecule has 0 amide bonds. The average molecular weight is 210 g/mol. The maximum atomic E-state index is 11.3. The lowest BCUT2D eigenvalue weighted by Gasteiger charge is -2.20. The molecule has 1 aromatic rings. The van der Waals surface area contributed by atoms with Gasteiger partial charge in [0, 0.05) is 12.3 Å². The van der Waals surface area contributed by atoms with Gasteiger partial charge < -0.3 is 9.47 Å². The summed E-state index contributed by atoms with van der Waals surface area (Å²) in [5.74, 6) is 0.246. The zero-order valence-corrected chi connectivity index (χ0v) is 8.44. The van der Waals surface area contributed by atoms with E-state index in [2.05, 4.69) is 10.2 Å². The number of hydrogen-bond acceptors (Lipinski definition) is 4. The Kier molecular flexibility index (Phi) is 3.22. The van der Waals surface area contributed by atoms with Crippen LogP contribution in [0.1, 0.15) is 32.1 Å². The number of carbonyl (C=O) groups excluding carboxylic acids is 1. The summed E-state index contributed by atoms with van der Waals surface area (Å²) in [6.45, 7) is 0. The molecule has 5 nitrogen and oxygen atoms in total. The number of hydrogen-bond donors (Lipinski definition) is 1. The molecule has 0 radical (unpaired) electrons. The number of ether oxygens (including phenoxy) is 2. The largest absolute Gasteiger partial charge is 0.515 e. The van der Waals surface area contributed by atoms with Crippen molar-refractivity contribution in [2.24, 2.45) is 0 Å². The van der Waals surface area contributed by atoms with Crippen molar-refractivity contribution < 1.29 is 14.3 Å². The van der Waals surface area contributed by atoms with E-state index in [9.17, 15) is 4.79 Å². The van der Waals surface area contributed by atoms with Gasteiger partial charge in [0.2, 0.25) is 5.88 Å². The van der Waals surface area contributed by atoms with Gasteiger partial charge in [-0.3, -0.25) is 5.10 Å². The third-order valence-electron chi connectivity index (χ3n) is 2.48. The Morgan fingerprint density at radius 3 is 2.87 bits per heavy atom. The highest BCUT2D eigenvalue weighted by Crippen LogP contribution is 2.20. The van der Waals surface area contributed by atoms with Gasteiger partial charge in [-0.05, 0) is 25.7 Å². The van der Waals surface area contributed by atoms with E-state index in [1.165, 1.54) is 6.42 Å². The van der Waals surface area contributed by atoms with Crippen LogP contribution in [0, 0.1) is 0 Å². The van der Waals surface area contributed by atoms with E-state index in [-0.39, 0.29) is 12.0 Å². The topological polar surface area (TPSA) is 64.2 Å². The quantitative estimate of drug-likeness (QED) is 0.760. The van der Waals surface area contributed by atoms with Crippen LogP contribution in [-0.4, -0.2) is 22.5 Å². The summed E-state index contributed by atoms with van der Waals surface area (Å²) < 4.78 is 10.0. The van der Waals surface area contributed by atoms with Crippen molar-refractivity contribution in [3.05, 3.63) is 12.3 Å². The summed E-state index contributed by atoms with van der Waals surface area (Å²) in [6, 6.07) is 1.57. The van der Waals surface area contributed by atoms with Crippen molar-refractivity contribution in [1.82, 2.24) is 10.2 Å². The Bertz CT molecular complexity index is 304. The van der Waals surface area contributed by atoms with Crippen LogP contribution in [-0.2, 0) is 4.74 Å². The van der Waals surface area contributed by atoms with Gasteiger partial charge in [0.1, 0.15) is 6.10 Å². The molecule has 1 aromatic heterocycles. The van der Waals surface area contributed by atoms with E-state index >= 15 is 0 Å². The molecule has 82 valence electrons. The zero-order chi connectivity index (χ0) is 10.5. The summed E-state index contributed by atoms with van der Waals surface area (Å²) >= 11 is 0. The second-order valence-electron chi connectivity index (χ2n) is 3.64. The number of nitrogens with one attached hydrogen (secondary N) is 1. The van der Waals surface area contributed by atoms with E-state index in [4.69, 9.17) is 9.47 Å². The van der Waals surface area contributed by atoms with Crippen molar-refractivity contribution in [1.29, 1.82) is 0 Å². The van der Waals surface area contributed by atoms with Crippen LogP contribution in [0.5, 0.6) is 5.88 Å². The molecule has 0 aliphatic heterocycles. The number of nitrogens with zero attached hydrogens (tertiary/aromatic N) is 1. The lowest BCUT2D eigenvalue weighted by Crippen LogP contribution is -2.23. The highest BCUT2D eigenvalue weighted by molar-refractivity contribution is 5.63. The molecule has 1 heterocycles. The fraction of sp³-hybridized carbons (Fsp3) is 0.600. The van der Waals surface area contributed by atoms with Crippen molar-refractivity contribution in [2.45, 2.75) is 38.2 Å². The lowest BCUT2D eigenvalue weighted by atomic mass is 9.98.